The standard InChI is InChI=1S/C25H30N6O2.C2H6/c1-18-14-19(15-26)7-8-23(18)29-24(28-17-27)20-9-12-31(16-20)21-4-3-11-30(13-10-21)25(32)33-22-5-2-6-22;1-2/h7-9,12,14,16-17,21-22H,2-6,10-11,13H2,1H3,(H2,27,28,29);1-2H3. The molecule has 2 fully saturated rings. The van der Waals surface area contributed by atoms with Crippen LogP contribution in [0.15, 0.2) is 46.6 Å². The van der Waals surface area contributed by atoms with Crippen LogP contribution in [0.1, 0.15) is 75.1 Å². The van der Waals surface area contributed by atoms with Gasteiger partial charge in [0.2, 0.25) is 0 Å². The van der Waals surface area contributed by atoms with Crippen molar-refractivity contribution in [1.29, 1.82) is 5.26 Å². The third-order valence-corrected chi connectivity index (χ3v) is 6.42. The van der Waals surface area contributed by atoms with E-state index in [2.05, 4.69) is 15.6 Å². The zero-order valence-corrected chi connectivity index (χ0v) is 21.0. The Morgan fingerprint density at radius 2 is 1.97 bits per heavy atom. The number of nitrogens with zero attached hydrogens (tertiary/aromatic N) is 5. The number of aryl methyl sites for hydroxylation is 1. The molecular formula is C27H36N6O2. The van der Waals surface area contributed by atoms with Crippen LogP contribution in [0.3, 0.4) is 0 Å². The Morgan fingerprint density at radius 1 is 1.17 bits per heavy atom. The Morgan fingerprint density at radius 3 is 2.63 bits per heavy atom. The highest BCUT2D eigenvalue weighted by Gasteiger charge is 2.27. The number of aromatic nitrogens is 1. The summed E-state index contributed by atoms with van der Waals surface area (Å²) in [4.78, 5) is 23.3. The van der Waals surface area contributed by atoms with Crippen molar-refractivity contribution in [3.05, 3.63) is 53.3 Å². The smallest absolute Gasteiger partial charge is 0.410 e. The summed E-state index contributed by atoms with van der Waals surface area (Å²) in [6.45, 7) is 7.34. The number of amidine groups is 1. The van der Waals surface area contributed by atoms with Crippen LogP contribution in [0.5, 0.6) is 0 Å². The van der Waals surface area contributed by atoms with Crippen LogP contribution in [-0.4, -0.2) is 46.9 Å². The largest absolute Gasteiger partial charge is 0.446 e. The van der Waals surface area contributed by atoms with Gasteiger partial charge >= 0.3 is 6.09 Å². The molecule has 2 aromatic rings. The molecule has 0 spiro atoms. The number of aliphatic imine (C=N–C) groups is 2. The molecule has 1 aromatic carbocycles. The van der Waals surface area contributed by atoms with E-state index in [9.17, 15) is 4.79 Å². The SMILES string of the molecule is CC.Cc1cc(C#N)ccc1N=C(N=CN)c1ccn(C2CCCN(C(=O)OC3CCC3)CC2)c1. The lowest BCUT2D eigenvalue weighted by Gasteiger charge is -2.29. The average molecular weight is 477 g/mol. The van der Waals surface area contributed by atoms with Gasteiger partial charge in [0.05, 0.1) is 23.7 Å². The van der Waals surface area contributed by atoms with Gasteiger partial charge in [-0.3, -0.25) is 0 Å². The molecule has 1 saturated carbocycles. The third kappa shape index (κ3) is 6.72. The fraction of sp³-hybridized carbons (Fsp3) is 0.481. The molecule has 2 heterocycles. The molecule has 1 atom stereocenters. The number of nitrogens with two attached hydrogens (primary N) is 1. The van der Waals surface area contributed by atoms with Crippen LogP contribution in [0.25, 0.3) is 0 Å². The van der Waals surface area contributed by atoms with Gasteiger partial charge in [-0.05, 0) is 75.3 Å². The maximum Gasteiger partial charge on any atom is 0.410 e. The van der Waals surface area contributed by atoms with Crippen molar-refractivity contribution in [2.24, 2.45) is 15.7 Å². The molecule has 1 amide bonds. The molecule has 0 radical (unpaired) electrons. The van der Waals surface area contributed by atoms with Crippen LogP contribution < -0.4 is 5.73 Å². The molecule has 4 rings (SSSR count). The number of hydrogen-bond acceptors (Lipinski definition) is 4. The Bertz CT molecular complexity index is 1090. The Balaban J connectivity index is 0.00000167. The van der Waals surface area contributed by atoms with Gasteiger partial charge in [-0.2, -0.15) is 5.26 Å². The molecule has 8 nitrogen and oxygen atoms in total. The first-order valence-electron chi connectivity index (χ1n) is 12.5. The molecule has 186 valence electrons. The van der Waals surface area contributed by atoms with Gasteiger partial charge in [-0.25, -0.2) is 14.8 Å². The van der Waals surface area contributed by atoms with Crippen molar-refractivity contribution < 1.29 is 9.53 Å². The predicted octanol–water partition coefficient (Wildman–Crippen LogP) is 5.48. The number of carbonyl (C=O) groups excluding carboxylic acids is 1. The van der Waals surface area contributed by atoms with Crippen molar-refractivity contribution >= 4 is 24.0 Å². The first-order valence-corrected chi connectivity index (χ1v) is 12.5. The highest BCUT2D eigenvalue weighted by Crippen LogP contribution is 2.27. The number of hydrogen-bond donors (Lipinski definition) is 1. The van der Waals surface area contributed by atoms with E-state index in [1.165, 1.54) is 6.34 Å². The van der Waals surface area contributed by atoms with Crippen LogP contribution in [-0.2, 0) is 4.74 Å². The lowest BCUT2D eigenvalue weighted by molar-refractivity contribution is 0.0273. The number of rotatable bonds is 4. The first kappa shape index (κ1) is 26.0. The van der Waals surface area contributed by atoms with Crippen molar-refractivity contribution in [3.8, 4) is 6.07 Å². The highest BCUT2D eigenvalue weighted by molar-refractivity contribution is 6.04. The van der Waals surface area contributed by atoms with E-state index < -0.39 is 0 Å². The molecule has 1 unspecified atom stereocenters. The van der Waals surface area contributed by atoms with Gasteiger partial charge in [0, 0.05) is 37.1 Å². The second kappa shape index (κ2) is 12.7. The molecule has 35 heavy (non-hydrogen) atoms. The monoisotopic (exact) mass is 476 g/mol. The second-order valence-electron chi connectivity index (χ2n) is 8.68. The summed E-state index contributed by atoms with van der Waals surface area (Å²) in [6.07, 6.45) is 11.2. The molecule has 1 aliphatic heterocycles. The van der Waals surface area contributed by atoms with Gasteiger partial charge in [-0.1, -0.05) is 13.8 Å². The zero-order valence-electron chi connectivity index (χ0n) is 21.0. The highest BCUT2D eigenvalue weighted by atomic mass is 16.6. The summed E-state index contributed by atoms with van der Waals surface area (Å²) in [5.41, 5.74) is 8.71. The first-order chi connectivity index (χ1) is 17.1. The van der Waals surface area contributed by atoms with E-state index in [0.29, 0.717) is 24.0 Å². The van der Waals surface area contributed by atoms with E-state index >= 15 is 0 Å². The number of likely N-dealkylation sites (tertiary alicyclic amines) is 1. The lowest BCUT2D eigenvalue weighted by Crippen LogP contribution is -2.37. The van der Waals surface area contributed by atoms with Gasteiger partial charge in [-0.15, -0.1) is 0 Å². The molecule has 1 aliphatic carbocycles. The van der Waals surface area contributed by atoms with E-state index in [0.717, 1.165) is 61.9 Å². The number of nitriles is 1. The molecule has 2 N–H and O–H groups in total. The quantitative estimate of drug-likeness (QED) is 0.466. The normalized spacial score (nSPS) is 18.7. The van der Waals surface area contributed by atoms with Crippen molar-refractivity contribution in [2.45, 2.75) is 71.4 Å². The molecule has 1 aromatic heterocycles. The molecule has 0 bridgehead atoms. The zero-order chi connectivity index (χ0) is 25.2. The molecular weight excluding hydrogens is 440 g/mol. The third-order valence-electron chi connectivity index (χ3n) is 6.42. The van der Waals surface area contributed by atoms with Crippen molar-refractivity contribution in [1.82, 2.24) is 9.47 Å². The fourth-order valence-corrected chi connectivity index (χ4v) is 4.24. The van der Waals surface area contributed by atoms with Crippen molar-refractivity contribution in [3.63, 3.8) is 0 Å². The van der Waals surface area contributed by atoms with Crippen LogP contribution >= 0.6 is 0 Å². The molecule has 8 heteroatoms. The van der Waals surface area contributed by atoms with E-state index in [1.54, 1.807) is 12.1 Å². The van der Waals surface area contributed by atoms with Crippen LogP contribution in [0.2, 0.25) is 0 Å². The second-order valence-corrected chi connectivity index (χ2v) is 8.68. The van der Waals surface area contributed by atoms with E-state index in [-0.39, 0.29) is 12.2 Å². The summed E-state index contributed by atoms with van der Waals surface area (Å²) in [5, 5.41) is 9.09. The van der Waals surface area contributed by atoms with Gasteiger partial charge in [0.25, 0.3) is 0 Å². The van der Waals surface area contributed by atoms with Crippen LogP contribution in [0, 0.1) is 18.3 Å². The number of carbonyl (C=O) groups is 1. The maximum atomic E-state index is 12.4. The molecule has 2 aliphatic rings. The Kier molecular flexibility index (Phi) is 9.47. The van der Waals surface area contributed by atoms with Crippen LogP contribution in [0.4, 0.5) is 10.5 Å². The molecule has 1 saturated heterocycles. The van der Waals surface area contributed by atoms with E-state index in [4.69, 9.17) is 20.7 Å². The van der Waals surface area contributed by atoms with Gasteiger partial charge in [0.15, 0.2) is 5.84 Å². The summed E-state index contributed by atoms with van der Waals surface area (Å²) < 4.78 is 7.77. The van der Waals surface area contributed by atoms with E-state index in [1.807, 2.05) is 50.2 Å². The average Bonchev–Trinajstić information content (AvgIpc) is 3.21. The summed E-state index contributed by atoms with van der Waals surface area (Å²) in [5.74, 6) is 0.517. The Hall–Kier alpha value is -3.60. The summed E-state index contributed by atoms with van der Waals surface area (Å²) in [7, 11) is 0. The Labute approximate surface area is 208 Å². The van der Waals surface area contributed by atoms with Crippen molar-refractivity contribution in [2.75, 3.05) is 13.1 Å². The minimum atomic E-state index is -0.168. The lowest BCUT2D eigenvalue weighted by atomic mass is 9.96. The topological polar surface area (TPSA) is 109 Å². The number of ether oxygens (including phenoxy) is 1. The number of amides is 1. The minimum Gasteiger partial charge on any atom is -0.446 e. The fourth-order valence-electron chi connectivity index (χ4n) is 4.24. The maximum absolute atomic E-state index is 12.4. The minimum absolute atomic E-state index is 0.115. The number of benzene rings is 1. The summed E-state index contributed by atoms with van der Waals surface area (Å²) >= 11 is 0. The predicted molar refractivity (Wildman–Crippen MR) is 139 cm³/mol. The van der Waals surface area contributed by atoms with Gasteiger partial charge in [0.1, 0.15) is 6.10 Å². The summed E-state index contributed by atoms with van der Waals surface area (Å²) in [6, 6.07) is 9.79. The van der Waals surface area contributed by atoms with Gasteiger partial charge < -0.3 is 19.9 Å².